The van der Waals surface area contributed by atoms with Crippen molar-refractivity contribution in [2.45, 2.75) is 26.6 Å². The molecule has 1 aromatic carbocycles. The Labute approximate surface area is 142 Å². The highest BCUT2D eigenvalue weighted by atomic mass is 16.7. The minimum absolute atomic E-state index is 0.324. The number of carbonyl (C=O) groups is 2. The summed E-state index contributed by atoms with van der Waals surface area (Å²) in [5.74, 6) is -1.39. The summed E-state index contributed by atoms with van der Waals surface area (Å²) in [7, 11) is 3.71. The fraction of sp³-hybridized carbons (Fsp3) is 0.529. The van der Waals surface area contributed by atoms with E-state index in [1.54, 1.807) is 31.2 Å². The molecule has 0 heterocycles. The van der Waals surface area contributed by atoms with Gasteiger partial charge in [0, 0.05) is 25.6 Å². The van der Waals surface area contributed by atoms with Gasteiger partial charge in [0.1, 0.15) is 5.75 Å². The highest BCUT2D eigenvalue weighted by Gasteiger charge is 2.38. The molecule has 0 fully saturated rings. The van der Waals surface area contributed by atoms with Crippen LogP contribution in [0.15, 0.2) is 24.3 Å². The Balaban J connectivity index is 3.20. The molecular formula is C17H26N2O5. The molecule has 0 aromatic heterocycles. The van der Waals surface area contributed by atoms with Crippen LogP contribution in [-0.4, -0.2) is 50.8 Å². The van der Waals surface area contributed by atoms with E-state index in [2.05, 4.69) is 5.32 Å². The lowest BCUT2D eigenvalue weighted by Gasteiger charge is -2.35. The van der Waals surface area contributed by atoms with E-state index in [0.29, 0.717) is 31.0 Å². The summed E-state index contributed by atoms with van der Waals surface area (Å²) in [6, 6.07) is 6.78. The van der Waals surface area contributed by atoms with Gasteiger partial charge in [-0.25, -0.2) is 4.79 Å². The molecular weight excluding hydrogens is 312 g/mol. The maximum absolute atomic E-state index is 11.6. The first-order chi connectivity index (χ1) is 11.3. The summed E-state index contributed by atoms with van der Waals surface area (Å²) in [6.45, 7) is 6.10. The predicted molar refractivity (Wildman–Crippen MR) is 89.8 cm³/mol. The first-order valence-electron chi connectivity index (χ1n) is 7.87. The third kappa shape index (κ3) is 5.82. The molecule has 1 atom stereocenters. The van der Waals surface area contributed by atoms with Crippen LogP contribution in [-0.2, 0) is 20.1 Å². The molecule has 24 heavy (non-hydrogen) atoms. The summed E-state index contributed by atoms with van der Waals surface area (Å²) >= 11 is 0. The third-order valence-corrected chi connectivity index (χ3v) is 3.02. The monoisotopic (exact) mass is 338 g/mol. The molecule has 0 radical (unpaired) electrons. The standard InChI is InChI=1S/C17H26N2O5/c1-6-18-16(21)23-15-10-8-9-14(11-15)17(22-7-2,12-19(4)5)24-13(3)20/h8-11H,6-7,12H2,1-5H3,(H,18,21). The van der Waals surface area contributed by atoms with E-state index in [-0.39, 0.29) is 0 Å². The van der Waals surface area contributed by atoms with Crippen LogP contribution in [0.5, 0.6) is 5.75 Å². The SMILES string of the molecule is CCNC(=O)Oc1cccc(C(CN(C)C)(OCC)OC(C)=O)c1. The fourth-order valence-corrected chi connectivity index (χ4v) is 2.31. The molecule has 1 unspecified atom stereocenters. The number of nitrogens with zero attached hydrogens (tertiary/aromatic N) is 1. The highest BCUT2D eigenvalue weighted by Crippen LogP contribution is 2.31. The van der Waals surface area contributed by atoms with E-state index in [1.165, 1.54) is 6.92 Å². The van der Waals surface area contributed by atoms with E-state index in [0.717, 1.165) is 0 Å². The Kier molecular flexibility index (Phi) is 7.67. The van der Waals surface area contributed by atoms with Gasteiger partial charge in [-0.15, -0.1) is 0 Å². The number of benzene rings is 1. The molecule has 0 aliphatic heterocycles. The van der Waals surface area contributed by atoms with E-state index in [4.69, 9.17) is 14.2 Å². The van der Waals surface area contributed by atoms with Crippen LogP contribution in [0, 0.1) is 0 Å². The number of likely N-dealkylation sites (N-methyl/N-ethyl adjacent to an activating group) is 1. The van der Waals surface area contributed by atoms with Crippen LogP contribution in [0.2, 0.25) is 0 Å². The van der Waals surface area contributed by atoms with Gasteiger partial charge in [0.25, 0.3) is 5.79 Å². The minimum Gasteiger partial charge on any atom is -0.427 e. The number of amides is 1. The Hall–Kier alpha value is -2.12. The lowest BCUT2D eigenvalue weighted by atomic mass is 10.0. The molecule has 1 aromatic rings. The van der Waals surface area contributed by atoms with Gasteiger partial charge >= 0.3 is 12.1 Å². The molecule has 1 amide bonds. The van der Waals surface area contributed by atoms with Crippen molar-refractivity contribution in [2.24, 2.45) is 0 Å². The van der Waals surface area contributed by atoms with E-state index in [1.807, 2.05) is 25.9 Å². The molecule has 0 aliphatic carbocycles. The zero-order valence-corrected chi connectivity index (χ0v) is 14.9. The largest absolute Gasteiger partial charge is 0.427 e. The molecule has 1 rings (SSSR count). The van der Waals surface area contributed by atoms with Crippen molar-refractivity contribution in [1.82, 2.24) is 10.2 Å². The number of rotatable bonds is 8. The molecule has 0 bridgehead atoms. The second-order valence-corrected chi connectivity index (χ2v) is 5.47. The van der Waals surface area contributed by atoms with Crippen LogP contribution in [0.4, 0.5) is 4.79 Å². The van der Waals surface area contributed by atoms with Gasteiger partial charge in [0.05, 0.1) is 6.54 Å². The predicted octanol–water partition coefficient (Wildman–Crippen LogP) is 2.11. The van der Waals surface area contributed by atoms with Crippen molar-refractivity contribution in [3.8, 4) is 5.75 Å². The van der Waals surface area contributed by atoms with Crippen molar-refractivity contribution >= 4 is 12.1 Å². The van der Waals surface area contributed by atoms with Crippen molar-refractivity contribution in [2.75, 3.05) is 33.8 Å². The average Bonchev–Trinajstić information content (AvgIpc) is 2.46. The van der Waals surface area contributed by atoms with Gasteiger partial charge in [-0.1, -0.05) is 12.1 Å². The quantitative estimate of drug-likeness (QED) is 0.578. The molecule has 0 saturated heterocycles. The summed E-state index contributed by atoms with van der Waals surface area (Å²) in [6.07, 6.45) is -0.545. The fourth-order valence-electron chi connectivity index (χ4n) is 2.31. The highest BCUT2D eigenvalue weighted by molar-refractivity contribution is 5.70. The smallest absolute Gasteiger partial charge is 0.412 e. The van der Waals surface area contributed by atoms with E-state index >= 15 is 0 Å². The lowest BCUT2D eigenvalue weighted by molar-refractivity contribution is -0.241. The number of esters is 1. The zero-order chi connectivity index (χ0) is 18.2. The second kappa shape index (κ2) is 9.24. The van der Waals surface area contributed by atoms with Crippen molar-refractivity contribution in [3.05, 3.63) is 29.8 Å². The Morgan fingerprint density at radius 1 is 1.25 bits per heavy atom. The van der Waals surface area contributed by atoms with Crippen LogP contribution in [0.1, 0.15) is 26.3 Å². The third-order valence-electron chi connectivity index (χ3n) is 3.02. The summed E-state index contributed by atoms with van der Waals surface area (Å²) in [4.78, 5) is 25.1. The summed E-state index contributed by atoms with van der Waals surface area (Å²) in [5.41, 5.74) is 0.593. The molecule has 1 N–H and O–H groups in total. The molecule has 0 aliphatic rings. The van der Waals surface area contributed by atoms with E-state index in [9.17, 15) is 9.59 Å². The second-order valence-electron chi connectivity index (χ2n) is 5.47. The summed E-state index contributed by atoms with van der Waals surface area (Å²) in [5, 5.41) is 2.56. The van der Waals surface area contributed by atoms with Gasteiger partial charge in [-0.3, -0.25) is 4.79 Å². The molecule has 0 spiro atoms. The summed E-state index contributed by atoms with van der Waals surface area (Å²) < 4.78 is 16.5. The first kappa shape index (κ1) is 19.9. The molecule has 134 valence electrons. The van der Waals surface area contributed by atoms with Crippen LogP contribution in [0.3, 0.4) is 0 Å². The maximum atomic E-state index is 11.6. The number of carbonyl (C=O) groups excluding carboxylic acids is 2. The van der Waals surface area contributed by atoms with Crippen molar-refractivity contribution in [3.63, 3.8) is 0 Å². The van der Waals surface area contributed by atoms with Crippen molar-refractivity contribution in [1.29, 1.82) is 0 Å². The topological polar surface area (TPSA) is 77.1 Å². The average molecular weight is 338 g/mol. The number of hydrogen-bond acceptors (Lipinski definition) is 6. The van der Waals surface area contributed by atoms with Gasteiger partial charge in [0.2, 0.25) is 0 Å². The number of nitrogens with one attached hydrogen (secondary N) is 1. The number of hydrogen-bond donors (Lipinski definition) is 1. The van der Waals surface area contributed by atoms with Gasteiger partial charge in [-0.05, 0) is 40.1 Å². The van der Waals surface area contributed by atoms with Gasteiger partial charge in [0.15, 0.2) is 0 Å². The van der Waals surface area contributed by atoms with E-state index < -0.39 is 17.8 Å². The van der Waals surface area contributed by atoms with Crippen molar-refractivity contribution < 1.29 is 23.8 Å². The number of ether oxygens (including phenoxy) is 3. The first-order valence-corrected chi connectivity index (χ1v) is 7.87. The Morgan fingerprint density at radius 3 is 2.50 bits per heavy atom. The van der Waals surface area contributed by atoms with Crippen LogP contribution in [0.25, 0.3) is 0 Å². The van der Waals surface area contributed by atoms with Gasteiger partial charge < -0.3 is 24.4 Å². The molecule has 7 nitrogen and oxygen atoms in total. The molecule has 0 saturated carbocycles. The lowest BCUT2D eigenvalue weighted by Crippen LogP contribution is -2.44. The Bertz CT molecular complexity index is 562. The Morgan fingerprint density at radius 2 is 1.96 bits per heavy atom. The minimum atomic E-state index is -1.27. The van der Waals surface area contributed by atoms with Gasteiger partial charge in [-0.2, -0.15) is 0 Å². The van der Waals surface area contributed by atoms with Crippen LogP contribution >= 0.6 is 0 Å². The normalized spacial score (nSPS) is 13.2. The maximum Gasteiger partial charge on any atom is 0.412 e. The van der Waals surface area contributed by atoms with Crippen LogP contribution < -0.4 is 10.1 Å². The zero-order valence-electron chi connectivity index (χ0n) is 14.9. The molecule has 7 heteroatoms.